The Bertz CT molecular complexity index is 325. The fourth-order valence-electron chi connectivity index (χ4n) is 2.57. The van der Waals surface area contributed by atoms with Crippen LogP contribution in [-0.4, -0.2) is 16.6 Å². The van der Waals surface area contributed by atoms with Gasteiger partial charge in [-0.05, 0) is 31.2 Å². The van der Waals surface area contributed by atoms with Crippen molar-refractivity contribution >= 4 is 22.6 Å². The normalized spacial score (nSPS) is 24.7. The zero-order valence-electron chi connectivity index (χ0n) is 11.0. The Kier molecular flexibility index (Phi) is 6.49. The maximum atomic E-state index is 6.09. The zero-order chi connectivity index (χ0) is 12.6. The minimum Gasteiger partial charge on any atom is -0.377 e. The third-order valence-corrected chi connectivity index (χ3v) is 5.08. The molecule has 1 aliphatic rings. The molecule has 1 fully saturated rings. The highest BCUT2D eigenvalue weighted by molar-refractivity contribution is 14.1. The molecule has 0 aliphatic heterocycles. The predicted molar refractivity (Wildman–Crippen MR) is 85.4 cm³/mol. The molecule has 1 aliphatic carbocycles. The molecule has 1 aromatic carbocycles. The topological polar surface area (TPSA) is 9.23 Å². The second kappa shape index (κ2) is 8.16. The maximum Gasteiger partial charge on any atom is 0.0692 e. The first-order valence-electron chi connectivity index (χ1n) is 7.16. The van der Waals surface area contributed by atoms with E-state index in [1.54, 1.807) is 0 Å². The van der Waals surface area contributed by atoms with Gasteiger partial charge in [-0.25, -0.2) is 0 Å². The molecule has 0 spiro atoms. The Morgan fingerprint density at radius 3 is 2.67 bits per heavy atom. The van der Waals surface area contributed by atoms with Crippen LogP contribution in [-0.2, 0) is 11.2 Å². The summed E-state index contributed by atoms with van der Waals surface area (Å²) in [6, 6.07) is 10.7. The van der Waals surface area contributed by atoms with Crippen LogP contribution in [0.1, 0.15) is 44.1 Å². The van der Waals surface area contributed by atoms with Crippen LogP contribution in [0, 0.1) is 0 Å². The first kappa shape index (κ1) is 14.3. The lowest BCUT2D eigenvalue weighted by molar-refractivity contribution is 0.0487. The van der Waals surface area contributed by atoms with Gasteiger partial charge in [0.25, 0.3) is 0 Å². The lowest BCUT2D eigenvalue weighted by atomic mass is 10.1. The number of rotatable bonds is 5. The van der Waals surface area contributed by atoms with Gasteiger partial charge in [-0.15, -0.1) is 0 Å². The van der Waals surface area contributed by atoms with E-state index in [1.807, 2.05) is 0 Å². The Morgan fingerprint density at radius 1 is 1.06 bits per heavy atom. The molecule has 0 amide bonds. The minimum atomic E-state index is 0.504. The molecule has 2 unspecified atom stereocenters. The highest BCUT2D eigenvalue weighted by atomic mass is 127. The standard InChI is InChI=1S/C16H23IO/c17-15-11-5-2-6-12-16(15)18-13-7-10-14-8-3-1-4-9-14/h1,3-4,8-9,15-16H,2,5-7,10-13H2. The van der Waals surface area contributed by atoms with Crippen LogP contribution in [0.3, 0.4) is 0 Å². The van der Waals surface area contributed by atoms with E-state index in [0.29, 0.717) is 6.10 Å². The highest BCUT2D eigenvalue weighted by Gasteiger charge is 2.21. The number of hydrogen-bond acceptors (Lipinski definition) is 1. The number of hydrogen-bond donors (Lipinski definition) is 0. The Hall–Kier alpha value is -0.0900. The fourth-order valence-corrected chi connectivity index (χ4v) is 3.58. The molecule has 1 saturated carbocycles. The quantitative estimate of drug-likeness (QED) is 0.319. The number of alkyl halides is 1. The summed E-state index contributed by atoms with van der Waals surface area (Å²) in [5, 5.41) is 0. The SMILES string of the molecule is IC1CCCCCC1OCCCc1ccccc1. The summed E-state index contributed by atoms with van der Waals surface area (Å²) in [5.41, 5.74) is 1.42. The van der Waals surface area contributed by atoms with Crippen molar-refractivity contribution in [3.05, 3.63) is 35.9 Å². The minimum absolute atomic E-state index is 0.504. The summed E-state index contributed by atoms with van der Waals surface area (Å²) < 4.78 is 6.81. The van der Waals surface area contributed by atoms with Crippen molar-refractivity contribution in [3.8, 4) is 0 Å². The van der Waals surface area contributed by atoms with Gasteiger partial charge < -0.3 is 4.74 Å². The zero-order valence-corrected chi connectivity index (χ0v) is 13.1. The summed E-state index contributed by atoms with van der Waals surface area (Å²) in [5.74, 6) is 0. The van der Waals surface area contributed by atoms with Crippen LogP contribution < -0.4 is 0 Å². The van der Waals surface area contributed by atoms with Gasteiger partial charge in [-0.3, -0.25) is 0 Å². The monoisotopic (exact) mass is 358 g/mol. The lowest BCUT2D eigenvalue weighted by Gasteiger charge is -2.20. The molecular weight excluding hydrogens is 335 g/mol. The van der Waals surface area contributed by atoms with E-state index in [4.69, 9.17) is 4.74 Å². The molecule has 0 N–H and O–H groups in total. The summed E-state index contributed by atoms with van der Waals surface area (Å²) in [6.45, 7) is 0.916. The smallest absolute Gasteiger partial charge is 0.0692 e. The van der Waals surface area contributed by atoms with Crippen molar-refractivity contribution < 1.29 is 4.74 Å². The van der Waals surface area contributed by atoms with Gasteiger partial charge >= 0.3 is 0 Å². The van der Waals surface area contributed by atoms with Gasteiger partial charge in [-0.2, -0.15) is 0 Å². The molecule has 100 valence electrons. The molecule has 0 radical (unpaired) electrons. The summed E-state index contributed by atoms with van der Waals surface area (Å²) >= 11 is 2.58. The van der Waals surface area contributed by atoms with Crippen molar-refractivity contribution in [2.45, 2.75) is 55.0 Å². The van der Waals surface area contributed by atoms with E-state index in [1.165, 1.54) is 37.7 Å². The van der Waals surface area contributed by atoms with Gasteiger partial charge in [0, 0.05) is 10.5 Å². The van der Waals surface area contributed by atoms with E-state index in [2.05, 4.69) is 52.9 Å². The van der Waals surface area contributed by atoms with Crippen LogP contribution in [0.5, 0.6) is 0 Å². The van der Waals surface area contributed by atoms with Crippen LogP contribution in [0.15, 0.2) is 30.3 Å². The van der Waals surface area contributed by atoms with Crippen molar-refractivity contribution in [3.63, 3.8) is 0 Å². The van der Waals surface area contributed by atoms with Gasteiger partial charge in [0.15, 0.2) is 0 Å². The molecule has 2 atom stereocenters. The first-order chi connectivity index (χ1) is 8.86. The predicted octanol–water partition coefficient (Wildman–Crippen LogP) is 4.77. The molecule has 18 heavy (non-hydrogen) atoms. The summed E-state index contributed by atoms with van der Waals surface area (Å²) in [7, 11) is 0. The molecule has 2 heteroatoms. The van der Waals surface area contributed by atoms with E-state index in [-0.39, 0.29) is 0 Å². The number of ether oxygens (including phenoxy) is 1. The molecule has 0 saturated heterocycles. The van der Waals surface area contributed by atoms with Crippen LogP contribution in [0.4, 0.5) is 0 Å². The van der Waals surface area contributed by atoms with Crippen LogP contribution >= 0.6 is 22.6 Å². The van der Waals surface area contributed by atoms with Crippen molar-refractivity contribution in [1.29, 1.82) is 0 Å². The Morgan fingerprint density at radius 2 is 1.83 bits per heavy atom. The van der Waals surface area contributed by atoms with Gasteiger partial charge in [-0.1, -0.05) is 72.2 Å². The Balaban J connectivity index is 1.65. The lowest BCUT2D eigenvalue weighted by Crippen LogP contribution is -2.23. The van der Waals surface area contributed by atoms with E-state index < -0.39 is 0 Å². The second-order valence-electron chi connectivity index (χ2n) is 5.15. The van der Waals surface area contributed by atoms with Crippen LogP contribution in [0.25, 0.3) is 0 Å². The number of halogens is 1. The average Bonchev–Trinajstić information content (AvgIpc) is 2.61. The molecule has 0 heterocycles. The van der Waals surface area contributed by atoms with Crippen molar-refractivity contribution in [2.75, 3.05) is 6.61 Å². The van der Waals surface area contributed by atoms with Gasteiger partial charge in [0.2, 0.25) is 0 Å². The van der Waals surface area contributed by atoms with E-state index in [9.17, 15) is 0 Å². The van der Waals surface area contributed by atoms with Crippen molar-refractivity contribution in [2.24, 2.45) is 0 Å². The molecule has 1 aromatic rings. The Labute approximate surface area is 124 Å². The third-order valence-electron chi connectivity index (χ3n) is 3.66. The summed E-state index contributed by atoms with van der Waals surface area (Å²) in [4.78, 5) is 0. The molecule has 1 nitrogen and oxygen atoms in total. The molecular formula is C16H23IO. The molecule has 2 rings (SSSR count). The van der Waals surface area contributed by atoms with Gasteiger partial charge in [0.1, 0.15) is 0 Å². The van der Waals surface area contributed by atoms with Crippen LogP contribution in [0.2, 0.25) is 0 Å². The van der Waals surface area contributed by atoms with Gasteiger partial charge in [0.05, 0.1) is 6.10 Å². The number of aryl methyl sites for hydroxylation is 1. The molecule has 0 bridgehead atoms. The second-order valence-corrected chi connectivity index (χ2v) is 6.75. The number of benzene rings is 1. The van der Waals surface area contributed by atoms with Crippen molar-refractivity contribution in [1.82, 2.24) is 0 Å². The maximum absolute atomic E-state index is 6.09. The molecule has 0 aromatic heterocycles. The average molecular weight is 358 g/mol. The fraction of sp³-hybridized carbons (Fsp3) is 0.625. The highest BCUT2D eigenvalue weighted by Crippen LogP contribution is 2.26. The van der Waals surface area contributed by atoms with E-state index in [0.717, 1.165) is 23.4 Å². The first-order valence-corrected chi connectivity index (χ1v) is 8.40. The van der Waals surface area contributed by atoms with E-state index >= 15 is 0 Å². The largest absolute Gasteiger partial charge is 0.377 e. The summed E-state index contributed by atoms with van der Waals surface area (Å²) in [6.07, 6.45) is 9.51. The third kappa shape index (κ3) is 4.88.